The molecule has 0 radical (unpaired) electrons. The molecular weight excluding hydrogens is 295 g/mol. The zero-order chi connectivity index (χ0) is 15.4. The van der Waals surface area contributed by atoms with Gasteiger partial charge in [-0.25, -0.2) is 12.8 Å². The molecule has 1 saturated carbocycles. The molecule has 1 aromatic carbocycles. The highest BCUT2D eigenvalue weighted by atomic mass is 32.2. The molecule has 0 unspecified atom stereocenters. The second-order valence-electron chi connectivity index (χ2n) is 6.12. The minimum Gasteiger partial charge on any atom is -0.388 e. The van der Waals surface area contributed by atoms with Crippen molar-refractivity contribution in [2.24, 2.45) is 5.92 Å². The molecule has 0 heterocycles. The second kappa shape index (κ2) is 5.04. The first-order chi connectivity index (χ1) is 9.80. The SMILES string of the molecule is CS(=O)(=O)c1ccc([C@@H](O)C2CCC2)c2c1[C@H](O)[C@H](F)C2. The molecule has 0 saturated heterocycles. The van der Waals surface area contributed by atoms with E-state index in [9.17, 15) is 23.0 Å². The molecular formula is C15H19FO4S. The number of hydrogen-bond donors (Lipinski definition) is 2. The number of sulfone groups is 1. The Kier molecular flexibility index (Phi) is 3.58. The molecule has 1 fully saturated rings. The number of aliphatic hydroxyl groups excluding tert-OH is 2. The van der Waals surface area contributed by atoms with Crippen LogP contribution >= 0.6 is 0 Å². The van der Waals surface area contributed by atoms with Gasteiger partial charge in [0.25, 0.3) is 0 Å². The average Bonchev–Trinajstić information content (AvgIpc) is 2.61. The molecule has 2 aliphatic carbocycles. The predicted molar refractivity (Wildman–Crippen MR) is 75.4 cm³/mol. The summed E-state index contributed by atoms with van der Waals surface area (Å²) < 4.78 is 37.6. The molecule has 116 valence electrons. The second-order valence-corrected chi connectivity index (χ2v) is 8.10. The Labute approximate surface area is 123 Å². The number of halogens is 1. The van der Waals surface area contributed by atoms with Gasteiger partial charge in [-0.2, -0.15) is 0 Å². The fraction of sp³-hybridized carbons (Fsp3) is 0.600. The Morgan fingerprint density at radius 3 is 2.52 bits per heavy atom. The Balaban J connectivity index is 2.13. The summed E-state index contributed by atoms with van der Waals surface area (Å²) in [5, 5.41) is 20.4. The van der Waals surface area contributed by atoms with Crippen molar-refractivity contribution in [2.45, 2.75) is 49.0 Å². The first kappa shape index (κ1) is 14.9. The van der Waals surface area contributed by atoms with Crippen molar-refractivity contribution in [3.05, 3.63) is 28.8 Å². The van der Waals surface area contributed by atoms with Crippen LogP contribution in [0.5, 0.6) is 0 Å². The Hall–Kier alpha value is -0.980. The van der Waals surface area contributed by atoms with Crippen molar-refractivity contribution in [2.75, 3.05) is 6.26 Å². The van der Waals surface area contributed by atoms with E-state index >= 15 is 0 Å². The fourth-order valence-electron chi connectivity index (χ4n) is 3.31. The normalized spacial score (nSPS) is 27.2. The molecule has 4 nitrogen and oxygen atoms in total. The lowest BCUT2D eigenvalue weighted by atomic mass is 9.77. The van der Waals surface area contributed by atoms with E-state index in [2.05, 4.69) is 0 Å². The maximum Gasteiger partial charge on any atom is 0.175 e. The van der Waals surface area contributed by atoms with Crippen LogP contribution in [0.3, 0.4) is 0 Å². The molecule has 6 heteroatoms. The van der Waals surface area contributed by atoms with E-state index in [0.717, 1.165) is 25.5 Å². The zero-order valence-corrected chi connectivity index (χ0v) is 12.6. The van der Waals surface area contributed by atoms with Gasteiger partial charge in [0, 0.05) is 18.2 Å². The lowest BCUT2D eigenvalue weighted by Gasteiger charge is -2.31. The van der Waals surface area contributed by atoms with Crippen LogP contribution in [0.2, 0.25) is 0 Å². The molecule has 21 heavy (non-hydrogen) atoms. The number of aliphatic hydroxyl groups is 2. The minimum absolute atomic E-state index is 0.0327. The molecule has 1 aromatic rings. The first-order valence-corrected chi connectivity index (χ1v) is 9.05. The van der Waals surface area contributed by atoms with Crippen molar-refractivity contribution in [3.63, 3.8) is 0 Å². The van der Waals surface area contributed by atoms with Crippen molar-refractivity contribution in [1.29, 1.82) is 0 Å². The van der Waals surface area contributed by atoms with Crippen LogP contribution in [-0.4, -0.2) is 31.1 Å². The van der Waals surface area contributed by atoms with Gasteiger partial charge in [-0.1, -0.05) is 12.5 Å². The smallest absolute Gasteiger partial charge is 0.175 e. The number of hydrogen-bond acceptors (Lipinski definition) is 4. The zero-order valence-electron chi connectivity index (χ0n) is 11.8. The highest BCUT2D eigenvalue weighted by Gasteiger charge is 2.39. The molecule has 2 N–H and O–H groups in total. The third-order valence-electron chi connectivity index (χ3n) is 4.71. The van der Waals surface area contributed by atoms with Gasteiger partial charge in [0.2, 0.25) is 0 Å². The summed E-state index contributed by atoms with van der Waals surface area (Å²) in [5.74, 6) is 0.147. The van der Waals surface area contributed by atoms with Crippen molar-refractivity contribution in [3.8, 4) is 0 Å². The standard InChI is InChI=1S/C15H19FO4S/c1-21(19,20)12-6-5-9(14(17)8-3-2-4-8)10-7-11(16)15(18)13(10)12/h5-6,8,11,14-15,17-18H,2-4,7H2,1H3/t11-,14+,15-/m1/s1. The molecule has 0 aromatic heterocycles. The quantitative estimate of drug-likeness (QED) is 0.893. The number of fused-ring (bicyclic) bond motifs is 1. The molecule has 0 amide bonds. The van der Waals surface area contributed by atoms with Crippen LogP contribution in [0, 0.1) is 5.92 Å². The molecule has 0 aliphatic heterocycles. The van der Waals surface area contributed by atoms with E-state index in [1.807, 2.05) is 0 Å². The van der Waals surface area contributed by atoms with E-state index in [0.29, 0.717) is 11.1 Å². The van der Waals surface area contributed by atoms with Gasteiger partial charge >= 0.3 is 0 Å². The highest BCUT2D eigenvalue weighted by molar-refractivity contribution is 7.90. The third-order valence-corrected chi connectivity index (χ3v) is 5.86. The summed E-state index contributed by atoms with van der Waals surface area (Å²) in [7, 11) is -3.55. The Morgan fingerprint density at radius 2 is 2.00 bits per heavy atom. The van der Waals surface area contributed by atoms with E-state index in [-0.39, 0.29) is 22.8 Å². The fourth-order valence-corrected chi connectivity index (χ4v) is 4.27. The monoisotopic (exact) mass is 314 g/mol. The molecule has 3 atom stereocenters. The molecule has 0 bridgehead atoms. The maximum atomic E-state index is 13.9. The summed E-state index contributed by atoms with van der Waals surface area (Å²) in [6.07, 6.45) is 0.255. The third kappa shape index (κ3) is 2.39. The highest BCUT2D eigenvalue weighted by Crippen LogP contribution is 2.45. The minimum atomic E-state index is -3.55. The van der Waals surface area contributed by atoms with Crippen LogP contribution in [0.15, 0.2) is 17.0 Å². The first-order valence-electron chi connectivity index (χ1n) is 7.16. The largest absolute Gasteiger partial charge is 0.388 e. The Bertz CT molecular complexity index is 666. The van der Waals surface area contributed by atoms with Gasteiger partial charge in [-0.3, -0.25) is 0 Å². The number of alkyl halides is 1. The molecule has 0 spiro atoms. The van der Waals surface area contributed by atoms with Crippen molar-refractivity contribution in [1.82, 2.24) is 0 Å². The number of rotatable bonds is 3. The van der Waals surface area contributed by atoms with Gasteiger partial charge < -0.3 is 10.2 Å². The van der Waals surface area contributed by atoms with Crippen molar-refractivity contribution < 1.29 is 23.0 Å². The van der Waals surface area contributed by atoms with Gasteiger partial charge in [0.15, 0.2) is 9.84 Å². The predicted octanol–water partition coefficient (Wildman–Crippen LogP) is 1.85. The van der Waals surface area contributed by atoms with Gasteiger partial charge in [-0.15, -0.1) is 0 Å². The van der Waals surface area contributed by atoms with E-state index < -0.39 is 28.2 Å². The van der Waals surface area contributed by atoms with Crippen LogP contribution in [0.4, 0.5) is 4.39 Å². The van der Waals surface area contributed by atoms with Crippen LogP contribution in [0.25, 0.3) is 0 Å². The van der Waals surface area contributed by atoms with Gasteiger partial charge in [0.1, 0.15) is 12.3 Å². The van der Waals surface area contributed by atoms with Gasteiger partial charge in [-0.05, 0) is 36.0 Å². The van der Waals surface area contributed by atoms with E-state index in [1.165, 1.54) is 6.07 Å². The number of benzene rings is 1. The average molecular weight is 314 g/mol. The van der Waals surface area contributed by atoms with Crippen molar-refractivity contribution >= 4 is 9.84 Å². The topological polar surface area (TPSA) is 74.6 Å². The van der Waals surface area contributed by atoms with E-state index in [4.69, 9.17) is 0 Å². The lowest BCUT2D eigenvalue weighted by Crippen LogP contribution is -2.21. The summed E-state index contributed by atoms with van der Waals surface area (Å²) in [4.78, 5) is -0.0327. The summed E-state index contributed by atoms with van der Waals surface area (Å²) in [6, 6.07) is 2.95. The Morgan fingerprint density at radius 1 is 1.33 bits per heavy atom. The summed E-state index contributed by atoms with van der Waals surface area (Å²) >= 11 is 0. The molecule has 3 rings (SSSR count). The summed E-state index contributed by atoms with van der Waals surface area (Å²) in [6.45, 7) is 0. The maximum absolute atomic E-state index is 13.9. The van der Waals surface area contributed by atoms with Crippen LogP contribution < -0.4 is 0 Å². The molecule has 2 aliphatic rings. The lowest BCUT2D eigenvalue weighted by molar-refractivity contribution is 0.0613. The van der Waals surface area contributed by atoms with E-state index in [1.54, 1.807) is 6.07 Å². The van der Waals surface area contributed by atoms with Gasteiger partial charge in [0.05, 0.1) is 11.0 Å². The summed E-state index contributed by atoms with van der Waals surface area (Å²) in [5.41, 5.74) is 1.18. The van der Waals surface area contributed by atoms with Crippen LogP contribution in [0.1, 0.15) is 48.2 Å². The van der Waals surface area contributed by atoms with Crippen LogP contribution in [-0.2, 0) is 16.3 Å².